The number of benzene rings is 2. The van der Waals surface area contributed by atoms with Gasteiger partial charge in [0.25, 0.3) is 10.2 Å². The molecule has 3 rings (SSSR count). The molecule has 0 saturated carbocycles. The molecule has 42 heavy (non-hydrogen) atoms. The number of morpholine rings is 1. The molecule has 1 amide bonds. The van der Waals surface area contributed by atoms with Crippen molar-refractivity contribution in [1.29, 1.82) is 0 Å². The third kappa shape index (κ3) is 9.63. The van der Waals surface area contributed by atoms with E-state index in [2.05, 4.69) is 15.0 Å². The van der Waals surface area contributed by atoms with Crippen LogP contribution in [0.15, 0.2) is 42.5 Å². The van der Waals surface area contributed by atoms with Crippen LogP contribution in [0.3, 0.4) is 0 Å². The lowest BCUT2D eigenvalue weighted by molar-refractivity contribution is -0.789. The summed E-state index contributed by atoms with van der Waals surface area (Å²) in [6, 6.07) is 10.1. The summed E-state index contributed by atoms with van der Waals surface area (Å²) in [4.78, 5) is 66.6. The van der Waals surface area contributed by atoms with E-state index in [-0.39, 0.29) is 22.7 Å². The van der Waals surface area contributed by atoms with E-state index in [9.17, 15) is 34.6 Å². The van der Waals surface area contributed by atoms with Gasteiger partial charge in [0, 0.05) is 25.7 Å². The molecule has 1 fully saturated rings. The van der Waals surface area contributed by atoms with Gasteiger partial charge in [0.15, 0.2) is 0 Å². The predicted molar refractivity (Wildman–Crippen MR) is 151 cm³/mol. The predicted octanol–water partition coefficient (Wildman–Crippen LogP) is 1.76. The minimum Gasteiger partial charge on any atom is -0.727 e. The minimum absolute atomic E-state index is 0.120. The first-order valence-electron chi connectivity index (χ1n) is 12.0. The summed E-state index contributed by atoms with van der Waals surface area (Å²) in [6.07, 6.45) is -2.51. The highest BCUT2D eigenvalue weighted by molar-refractivity contribution is 8.56. The molecule has 0 aromatic heterocycles. The third-order valence-electron chi connectivity index (χ3n) is 5.47. The van der Waals surface area contributed by atoms with Gasteiger partial charge in [-0.25, -0.2) is 4.79 Å². The molecule has 2 unspecified atom stereocenters. The molecule has 1 aliphatic rings. The highest BCUT2D eigenvalue weighted by Crippen LogP contribution is 2.46. The number of anilines is 1. The zero-order valence-corrected chi connectivity index (χ0v) is 24.4. The number of esters is 2. The molecule has 226 valence electrons. The fourth-order valence-electron chi connectivity index (χ4n) is 3.65. The van der Waals surface area contributed by atoms with Crippen LogP contribution in [0.5, 0.6) is 11.5 Å². The van der Waals surface area contributed by atoms with Crippen LogP contribution >= 0.6 is 5.39 Å². The van der Waals surface area contributed by atoms with Crippen molar-refractivity contribution < 1.29 is 48.4 Å². The molecule has 1 saturated heterocycles. The second kappa shape index (κ2) is 14.9. The molecule has 1 N–H and O–H groups in total. The molecular formula is C23H24N4O12PS2-. The fraction of sp³-hybridized carbons (Fsp3) is 0.348. The van der Waals surface area contributed by atoms with Gasteiger partial charge >= 0.3 is 11.9 Å². The Morgan fingerprint density at radius 3 is 2.36 bits per heavy atom. The second-order valence-corrected chi connectivity index (χ2v) is 14.5. The van der Waals surface area contributed by atoms with Crippen LogP contribution in [-0.4, -0.2) is 71.7 Å². The standard InChI is InChI=1S/C23H25N4O12PS2/c1-15(28)24-16-2-7-21(38-22(29)13-18(39-27(33)34)14-36-26(31)32)20(12-16)23(30)37-17-3-5-19(6-4-17)40(41,42)25-8-10-35-11-9-25/h2-7,12,18H,8-11,13-14H2,1H3,(H,24,28)(H,41,42)/p-1. The number of nitrogens with one attached hydrogen (secondary N) is 1. The lowest BCUT2D eigenvalue weighted by Crippen LogP contribution is -2.35. The smallest absolute Gasteiger partial charge is 0.347 e. The maximum Gasteiger partial charge on any atom is 0.347 e. The zero-order valence-electron chi connectivity index (χ0n) is 21.9. The number of hydrogen-bond donors (Lipinski definition) is 1. The number of amides is 1. The number of rotatable bonds is 13. The van der Waals surface area contributed by atoms with E-state index < -0.39 is 52.5 Å². The highest BCUT2D eigenvalue weighted by atomic mass is 32.9. The number of nitrogens with zero attached hydrogens (tertiary/aromatic N) is 3. The minimum atomic E-state index is -2.47. The van der Waals surface area contributed by atoms with Gasteiger partial charge < -0.3 is 41.5 Å². The number of ether oxygens (including phenoxy) is 3. The normalized spacial score (nSPS) is 15.4. The van der Waals surface area contributed by atoms with E-state index in [4.69, 9.17) is 38.3 Å². The SMILES string of the molecule is CC(=O)Nc1ccc(OC(=O)CC(CO[N+](=O)[O-])O[N+](=O)[O-])c(C(=O)Oc2ccc(P(=S)([S-])N3CCOCC3)cc2)c1. The summed E-state index contributed by atoms with van der Waals surface area (Å²) in [6.45, 7) is 2.61. The average Bonchev–Trinajstić information content (AvgIpc) is 2.92. The van der Waals surface area contributed by atoms with Gasteiger partial charge in [-0.2, -0.15) is 0 Å². The maximum absolute atomic E-state index is 13.1. The van der Waals surface area contributed by atoms with Gasteiger partial charge in [0.1, 0.15) is 29.8 Å². The van der Waals surface area contributed by atoms with Crippen molar-refractivity contribution >= 4 is 58.3 Å². The Morgan fingerprint density at radius 2 is 1.76 bits per heavy atom. The molecule has 2 aromatic carbocycles. The van der Waals surface area contributed by atoms with Gasteiger partial charge in [0.2, 0.25) is 5.91 Å². The van der Waals surface area contributed by atoms with Crippen molar-refractivity contribution in [3.8, 4) is 11.5 Å². The van der Waals surface area contributed by atoms with Crippen LogP contribution in [0.25, 0.3) is 0 Å². The second-order valence-electron chi connectivity index (χ2n) is 8.51. The topological polar surface area (TPSA) is 199 Å². The first-order chi connectivity index (χ1) is 19.8. The monoisotopic (exact) mass is 643 g/mol. The number of carbonyl (C=O) groups excluding carboxylic acids is 3. The molecule has 0 bridgehead atoms. The molecule has 1 aliphatic heterocycles. The lowest BCUT2D eigenvalue weighted by Gasteiger charge is -2.43. The van der Waals surface area contributed by atoms with Gasteiger partial charge in [-0.15, -0.1) is 32.0 Å². The van der Waals surface area contributed by atoms with Crippen LogP contribution in [0.4, 0.5) is 5.69 Å². The Labute approximate surface area is 248 Å². The first kappa shape index (κ1) is 32.7. The molecular weight excluding hydrogens is 619 g/mol. The summed E-state index contributed by atoms with van der Waals surface area (Å²) in [7, 11) is 0. The van der Waals surface area contributed by atoms with E-state index in [0.29, 0.717) is 26.3 Å². The van der Waals surface area contributed by atoms with Crippen molar-refractivity contribution in [1.82, 2.24) is 4.67 Å². The molecule has 19 heteroatoms. The van der Waals surface area contributed by atoms with E-state index in [0.717, 1.165) is 5.30 Å². The van der Waals surface area contributed by atoms with Crippen LogP contribution in [0.1, 0.15) is 23.7 Å². The van der Waals surface area contributed by atoms with Crippen molar-refractivity contribution in [3.63, 3.8) is 0 Å². The average molecular weight is 644 g/mol. The van der Waals surface area contributed by atoms with Crippen LogP contribution in [0.2, 0.25) is 0 Å². The first-order valence-corrected chi connectivity index (χ1v) is 15.8. The van der Waals surface area contributed by atoms with Crippen LogP contribution < -0.4 is 20.1 Å². The van der Waals surface area contributed by atoms with E-state index in [1.54, 1.807) is 12.1 Å². The van der Waals surface area contributed by atoms with Crippen molar-refractivity contribution in [2.24, 2.45) is 0 Å². The molecule has 0 radical (unpaired) electrons. The number of carbonyl (C=O) groups is 3. The molecule has 0 spiro atoms. The third-order valence-corrected chi connectivity index (χ3v) is 10.2. The molecule has 2 atom stereocenters. The van der Waals surface area contributed by atoms with E-state index >= 15 is 0 Å². The van der Waals surface area contributed by atoms with Crippen LogP contribution in [-0.2, 0) is 48.1 Å². The molecule has 2 aromatic rings. The van der Waals surface area contributed by atoms with Crippen LogP contribution in [0, 0.1) is 20.2 Å². The Hall–Kier alpha value is -3.83. The van der Waals surface area contributed by atoms with Gasteiger partial charge in [-0.1, -0.05) is 17.5 Å². The van der Waals surface area contributed by atoms with Gasteiger partial charge in [0.05, 0.1) is 19.6 Å². The molecule has 1 heterocycles. The number of hydrogen-bond acceptors (Lipinski definition) is 14. The van der Waals surface area contributed by atoms with E-state index in [1.165, 1.54) is 37.3 Å². The highest BCUT2D eigenvalue weighted by Gasteiger charge is 2.24. The lowest BCUT2D eigenvalue weighted by atomic mass is 10.1. The quantitative estimate of drug-likeness (QED) is 0.0826. The zero-order chi connectivity index (χ0) is 30.9. The summed E-state index contributed by atoms with van der Waals surface area (Å²) in [5.41, 5.74) is -0.107. The Balaban J connectivity index is 1.78. The van der Waals surface area contributed by atoms with Crippen molar-refractivity contribution in [2.75, 3.05) is 38.2 Å². The Bertz CT molecular complexity index is 1390. The summed E-state index contributed by atoms with van der Waals surface area (Å²) >= 11 is 11.5. The van der Waals surface area contributed by atoms with E-state index in [1.807, 2.05) is 4.67 Å². The summed E-state index contributed by atoms with van der Waals surface area (Å²) < 4.78 is 18.0. The van der Waals surface area contributed by atoms with Crippen molar-refractivity contribution in [2.45, 2.75) is 19.4 Å². The Kier molecular flexibility index (Phi) is 11.6. The van der Waals surface area contributed by atoms with Gasteiger partial charge in [-0.05, 0) is 35.6 Å². The van der Waals surface area contributed by atoms with Crippen molar-refractivity contribution in [3.05, 3.63) is 68.3 Å². The largest absolute Gasteiger partial charge is 0.727 e. The summed E-state index contributed by atoms with van der Waals surface area (Å²) in [5.74, 6) is -2.76. The molecule has 0 aliphatic carbocycles. The Morgan fingerprint density at radius 1 is 1.10 bits per heavy atom. The fourth-order valence-corrected chi connectivity index (χ4v) is 6.90. The maximum atomic E-state index is 13.1. The molecule has 16 nitrogen and oxygen atoms in total. The summed E-state index contributed by atoms with van der Waals surface area (Å²) in [5, 5.41) is 19.4. The van der Waals surface area contributed by atoms with Gasteiger partial charge in [-0.3, -0.25) is 14.3 Å².